The van der Waals surface area contributed by atoms with E-state index in [4.69, 9.17) is 0 Å². The Hall–Kier alpha value is -3.23. The number of rotatable bonds is 4. The molecule has 2 heterocycles. The number of carbonyl (C=O) groups excluding carboxylic acids is 2. The molecule has 0 aliphatic carbocycles. The van der Waals surface area contributed by atoms with Crippen molar-refractivity contribution in [3.63, 3.8) is 0 Å². The van der Waals surface area contributed by atoms with Gasteiger partial charge < -0.3 is 15.7 Å². The minimum absolute atomic E-state index is 0.0518. The van der Waals surface area contributed by atoms with Gasteiger partial charge in [-0.25, -0.2) is 9.37 Å². The van der Waals surface area contributed by atoms with Gasteiger partial charge in [-0.05, 0) is 17.7 Å². The molecule has 1 aromatic heterocycles. The molecule has 0 saturated heterocycles. The molecule has 3 rings (SSSR count). The van der Waals surface area contributed by atoms with E-state index in [1.165, 1.54) is 12.1 Å². The minimum atomic E-state index is -0.749. The molecule has 0 spiro atoms. The van der Waals surface area contributed by atoms with Crippen LogP contribution in [0.5, 0.6) is 5.75 Å². The molecule has 3 N–H and O–H groups in total. The van der Waals surface area contributed by atoms with E-state index in [0.29, 0.717) is 5.56 Å². The first-order valence-corrected chi connectivity index (χ1v) is 7.53. The zero-order valence-electron chi connectivity index (χ0n) is 13.1. The summed E-state index contributed by atoms with van der Waals surface area (Å²) in [6.07, 6.45) is -0.288. The minimum Gasteiger partial charge on any atom is -0.502 e. The Labute approximate surface area is 141 Å². The van der Waals surface area contributed by atoms with Crippen molar-refractivity contribution >= 4 is 11.8 Å². The monoisotopic (exact) mass is 346 g/mol. The smallest absolute Gasteiger partial charge is 0.296 e. The largest absolute Gasteiger partial charge is 0.502 e. The van der Waals surface area contributed by atoms with Crippen molar-refractivity contribution in [2.75, 3.05) is 0 Å². The van der Waals surface area contributed by atoms with E-state index in [9.17, 15) is 23.9 Å². The van der Waals surface area contributed by atoms with E-state index in [2.05, 4.69) is 15.6 Å². The van der Waals surface area contributed by atoms with Crippen molar-refractivity contribution in [1.29, 1.82) is 0 Å². The van der Waals surface area contributed by atoms with Crippen LogP contribution in [-0.4, -0.2) is 26.5 Å². The predicted octanol–water partition coefficient (Wildman–Crippen LogP) is -0.423. The van der Waals surface area contributed by atoms with Crippen molar-refractivity contribution in [3.05, 3.63) is 57.5 Å². The van der Waals surface area contributed by atoms with Crippen LogP contribution in [0.25, 0.3) is 0 Å². The predicted molar refractivity (Wildman–Crippen MR) is 84.0 cm³/mol. The summed E-state index contributed by atoms with van der Waals surface area (Å²) in [6, 6.07) is 5.65. The molecule has 1 aliphatic heterocycles. The quantitative estimate of drug-likeness (QED) is 0.696. The average molecular weight is 346 g/mol. The molecule has 2 aromatic rings. The lowest BCUT2D eigenvalue weighted by Gasteiger charge is -2.19. The zero-order valence-corrected chi connectivity index (χ0v) is 13.1. The molecule has 25 heavy (non-hydrogen) atoms. The number of fused-ring (bicyclic) bond motifs is 1. The van der Waals surface area contributed by atoms with E-state index in [1.807, 2.05) is 0 Å². The summed E-state index contributed by atoms with van der Waals surface area (Å²) < 4.78 is 13.9. The Morgan fingerprint density at radius 1 is 1.32 bits per heavy atom. The zero-order chi connectivity index (χ0) is 18.0. The molecule has 2 amide bonds. The number of halogens is 1. The molecule has 9 heteroatoms. The topological polar surface area (TPSA) is 113 Å². The number of nitrogens with one attached hydrogen (secondary N) is 2. The highest BCUT2D eigenvalue weighted by Crippen LogP contribution is 2.12. The summed E-state index contributed by atoms with van der Waals surface area (Å²) in [6.45, 7) is 0.0180. The van der Waals surface area contributed by atoms with Crippen LogP contribution in [0.1, 0.15) is 17.1 Å². The van der Waals surface area contributed by atoms with Gasteiger partial charge in [-0.15, -0.1) is 0 Å². The van der Waals surface area contributed by atoms with Crippen LogP contribution in [0.2, 0.25) is 0 Å². The van der Waals surface area contributed by atoms with Gasteiger partial charge in [-0.3, -0.25) is 19.0 Å². The van der Waals surface area contributed by atoms with Crippen LogP contribution in [0, 0.1) is 5.82 Å². The Morgan fingerprint density at radius 3 is 2.76 bits per heavy atom. The number of aromatic hydroxyl groups is 1. The third-order valence-corrected chi connectivity index (χ3v) is 3.77. The molecule has 1 aromatic carbocycles. The first-order chi connectivity index (χ1) is 11.9. The molecule has 130 valence electrons. The van der Waals surface area contributed by atoms with Gasteiger partial charge in [0.25, 0.3) is 5.56 Å². The number of amides is 2. The van der Waals surface area contributed by atoms with E-state index in [0.717, 1.165) is 4.57 Å². The van der Waals surface area contributed by atoms with E-state index >= 15 is 0 Å². The van der Waals surface area contributed by atoms with Crippen molar-refractivity contribution < 1.29 is 19.1 Å². The van der Waals surface area contributed by atoms with Gasteiger partial charge in [0, 0.05) is 6.54 Å². The number of hydrogen-bond acceptors (Lipinski definition) is 5. The second-order valence-corrected chi connectivity index (χ2v) is 5.57. The number of carbonyl (C=O) groups is 2. The number of hydrogen-bond donors (Lipinski definition) is 3. The van der Waals surface area contributed by atoms with Crippen LogP contribution in [0.15, 0.2) is 29.1 Å². The molecule has 1 aliphatic rings. The lowest BCUT2D eigenvalue weighted by atomic mass is 10.2. The lowest BCUT2D eigenvalue weighted by molar-refractivity contribution is -0.123. The Morgan fingerprint density at radius 2 is 2.04 bits per heavy atom. The fraction of sp³-hybridized carbons (Fsp3) is 0.250. The van der Waals surface area contributed by atoms with E-state index in [-0.39, 0.29) is 49.3 Å². The molecular weight excluding hydrogens is 331 g/mol. The van der Waals surface area contributed by atoms with Gasteiger partial charge in [0.2, 0.25) is 17.6 Å². The number of nitrogens with zero attached hydrogens (tertiary/aromatic N) is 2. The second-order valence-electron chi connectivity index (χ2n) is 5.57. The highest BCUT2D eigenvalue weighted by atomic mass is 19.1. The molecule has 0 atom stereocenters. The standard InChI is InChI=1S/C16H15FN4O4/c17-10-3-1-9(2-4-10)6-18-13(22)5-11-15(24)16(25)21-8-14(23)19-7-12(21)20-11/h1-4,24H,5-8H2,(H,18,22)(H,19,23). The maximum atomic E-state index is 12.8. The first-order valence-electron chi connectivity index (χ1n) is 7.53. The Bertz CT molecular complexity index is 892. The molecule has 0 radical (unpaired) electrons. The number of aromatic nitrogens is 2. The van der Waals surface area contributed by atoms with Crippen molar-refractivity contribution in [2.45, 2.75) is 26.1 Å². The highest BCUT2D eigenvalue weighted by molar-refractivity contribution is 5.79. The summed E-state index contributed by atoms with van der Waals surface area (Å²) >= 11 is 0. The van der Waals surface area contributed by atoms with E-state index in [1.54, 1.807) is 12.1 Å². The van der Waals surface area contributed by atoms with Gasteiger partial charge in [0.1, 0.15) is 18.2 Å². The second kappa shape index (κ2) is 6.71. The summed E-state index contributed by atoms with van der Waals surface area (Å²) in [5, 5.41) is 15.1. The molecule has 0 saturated carbocycles. The van der Waals surface area contributed by atoms with Crippen LogP contribution in [-0.2, 0) is 35.6 Å². The molecule has 0 fully saturated rings. The first kappa shape index (κ1) is 16.6. The maximum absolute atomic E-state index is 12.8. The van der Waals surface area contributed by atoms with Crippen LogP contribution in [0.4, 0.5) is 4.39 Å². The third kappa shape index (κ3) is 3.65. The lowest BCUT2D eigenvalue weighted by Crippen LogP contribution is -2.41. The average Bonchev–Trinajstić information content (AvgIpc) is 2.60. The molecular formula is C16H15FN4O4. The third-order valence-electron chi connectivity index (χ3n) is 3.77. The van der Waals surface area contributed by atoms with Gasteiger partial charge in [0.15, 0.2) is 0 Å². The fourth-order valence-corrected chi connectivity index (χ4v) is 2.45. The van der Waals surface area contributed by atoms with Crippen molar-refractivity contribution in [2.24, 2.45) is 0 Å². The van der Waals surface area contributed by atoms with Gasteiger partial charge in [-0.1, -0.05) is 12.1 Å². The van der Waals surface area contributed by atoms with Crippen LogP contribution >= 0.6 is 0 Å². The van der Waals surface area contributed by atoms with Crippen molar-refractivity contribution in [1.82, 2.24) is 20.2 Å². The molecule has 8 nitrogen and oxygen atoms in total. The van der Waals surface area contributed by atoms with E-state index < -0.39 is 17.2 Å². The Balaban J connectivity index is 1.71. The van der Waals surface area contributed by atoms with Crippen molar-refractivity contribution in [3.8, 4) is 5.75 Å². The SMILES string of the molecule is O=C(Cc1nc2n(c(=O)c1O)CC(=O)NC2)NCc1ccc(F)cc1. The highest BCUT2D eigenvalue weighted by Gasteiger charge is 2.22. The van der Waals surface area contributed by atoms with Crippen LogP contribution < -0.4 is 16.2 Å². The van der Waals surface area contributed by atoms with Gasteiger partial charge >= 0.3 is 0 Å². The normalized spacial score (nSPS) is 13.1. The number of benzene rings is 1. The Kier molecular flexibility index (Phi) is 4.46. The maximum Gasteiger partial charge on any atom is 0.296 e. The molecule has 0 bridgehead atoms. The van der Waals surface area contributed by atoms with Crippen LogP contribution in [0.3, 0.4) is 0 Å². The van der Waals surface area contributed by atoms with Gasteiger partial charge in [0.05, 0.1) is 18.7 Å². The molecule has 0 unspecified atom stereocenters. The summed E-state index contributed by atoms with van der Waals surface area (Å²) in [5.74, 6) is -1.53. The van der Waals surface area contributed by atoms with Gasteiger partial charge in [-0.2, -0.15) is 0 Å². The fourth-order valence-electron chi connectivity index (χ4n) is 2.45. The summed E-state index contributed by atoms with van der Waals surface area (Å²) in [5.41, 5.74) is -0.0923. The summed E-state index contributed by atoms with van der Waals surface area (Å²) in [4.78, 5) is 39.5. The summed E-state index contributed by atoms with van der Waals surface area (Å²) in [7, 11) is 0.